The van der Waals surface area contributed by atoms with Gasteiger partial charge in [0.15, 0.2) is 0 Å². The van der Waals surface area contributed by atoms with Crippen LogP contribution in [0.5, 0.6) is 0 Å². The van der Waals surface area contributed by atoms with Crippen molar-refractivity contribution in [3.8, 4) is 0 Å². The highest BCUT2D eigenvalue weighted by atomic mass is 16.4. The van der Waals surface area contributed by atoms with Gasteiger partial charge in [-0.3, -0.25) is 4.79 Å². The Balaban J connectivity index is 1.71. The van der Waals surface area contributed by atoms with Gasteiger partial charge in [-0.15, -0.1) is 0 Å². The minimum atomic E-state index is -1.01. The zero-order valence-corrected chi connectivity index (χ0v) is 17.6. The second kappa shape index (κ2) is 7.93. The molecule has 4 rings (SSSR count). The van der Waals surface area contributed by atoms with Crippen molar-refractivity contribution >= 4 is 34.9 Å². The first kappa shape index (κ1) is 20.1. The first-order chi connectivity index (χ1) is 14.4. The van der Waals surface area contributed by atoms with Gasteiger partial charge < -0.3 is 20.2 Å². The Morgan fingerprint density at radius 3 is 2.57 bits per heavy atom. The van der Waals surface area contributed by atoms with Crippen LogP contribution in [-0.4, -0.2) is 46.1 Å². The van der Waals surface area contributed by atoms with Gasteiger partial charge in [0.1, 0.15) is 17.7 Å². The summed E-state index contributed by atoms with van der Waals surface area (Å²) in [5.41, 5.74) is 2.69. The minimum absolute atomic E-state index is 0.112. The van der Waals surface area contributed by atoms with Crippen LogP contribution < -0.4 is 15.1 Å². The molecular weight excluding hydrogens is 382 g/mol. The Hall–Kier alpha value is -3.16. The van der Waals surface area contributed by atoms with Gasteiger partial charge in [0.25, 0.3) is 0 Å². The van der Waals surface area contributed by atoms with Gasteiger partial charge in [-0.1, -0.05) is 19.8 Å². The number of aryl methyl sites for hydroxylation is 1. The maximum Gasteiger partial charge on any atom is 0.337 e. The highest BCUT2D eigenvalue weighted by Gasteiger charge is 2.40. The van der Waals surface area contributed by atoms with Crippen LogP contribution in [0.1, 0.15) is 54.9 Å². The molecule has 0 radical (unpaired) electrons. The van der Waals surface area contributed by atoms with Crippen LogP contribution in [0.2, 0.25) is 0 Å². The van der Waals surface area contributed by atoms with E-state index in [2.05, 4.69) is 27.1 Å². The summed E-state index contributed by atoms with van der Waals surface area (Å²) in [6, 6.07) is 3.75. The second-order valence-corrected chi connectivity index (χ2v) is 8.04. The average Bonchev–Trinajstić information content (AvgIpc) is 3.26. The predicted molar refractivity (Wildman–Crippen MR) is 116 cm³/mol. The lowest BCUT2D eigenvalue weighted by Crippen LogP contribution is -2.55. The molecule has 0 bridgehead atoms. The van der Waals surface area contributed by atoms with E-state index in [0.717, 1.165) is 36.2 Å². The molecule has 2 aliphatic rings. The number of carboxylic acid groups (broad SMARTS) is 1. The van der Waals surface area contributed by atoms with Gasteiger partial charge in [0, 0.05) is 25.4 Å². The minimum Gasteiger partial charge on any atom is -0.478 e. The van der Waals surface area contributed by atoms with E-state index in [9.17, 15) is 9.59 Å². The van der Waals surface area contributed by atoms with E-state index >= 15 is 0 Å². The third-order valence-electron chi connectivity index (χ3n) is 6.13. The Morgan fingerprint density at radius 2 is 1.93 bits per heavy atom. The number of aromatic nitrogens is 2. The molecule has 3 heterocycles. The van der Waals surface area contributed by atoms with Crippen LogP contribution in [0.25, 0.3) is 0 Å². The number of fused-ring (bicyclic) bond motifs is 1. The summed E-state index contributed by atoms with van der Waals surface area (Å²) in [5.74, 6) is 0.288. The molecule has 0 spiro atoms. The molecule has 1 aliphatic heterocycles. The van der Waals surface area contributed by atoms with Crippen LogP contribution in [0.4, 0.5) is 23.0 Å². The first-order valence-electron chi connectivity index (χ1n) is 10.4. The largest absolute Gasteiger partial charge is 0.478 e. The predicted octanol–water partition coefficient (Wildman–Crippen LogP) is 3.73. The number of carboxylic acids is 1. The third kappa shape index (κ3) is 3.46. The summed E-state index contributed by atoms with van der Waals surface area (Å²) in [6.07, 6.45) is 8.37. The summed E-state index contributed by atoms with van der Waals surface area (Å²) in [5, 5.41) is 12.4. The van der Waals surface area contributed by atoms with Crippen molar-refractivity contribution in [3.05, 3.63) is 35.7 Å². The molecule has 158 valence electrons. The number of hydrogen-bond donors (Lipinski definition) is 2. The summed E-state index contributed by atoms with van der Waals surface area (Å²) >= 11 is 0. The van der Waals surface area contributed by atoms with Crippen molar-refractivity contribution in [1.82, 2.24) is 9.97 Å². The Morgan fingerprint density at radius 1 is 1.20 bits per heavy atom. The topological polar surface area (TPSA) is 98.7 Å². The number of hydrogen-bond acceptors (Lipinski definition) is 6. The number of anilines is 4. The van der Waals surface area contributed by atoms with E-state index in [1.54, 1.807) is 24.2 Å². The molecule has 8 nitrogen and oxygen atoms in total. The molecule has 2 aromatic heterocycles. The van der Waals surface area contributed by atoms with Crippen molar-refractivity contribution < 1.29 is 14.7 Å². The Labute approximate surface area is 175 Å². The van der Waals surface area contributed by atoms with Crippen molar-refractivity contribution in [2.24, 2.45) is 0 Å². The number of nitrogens with zero attached hydrogens (tertiary/aromatic N) is 4. The summed E-state index contributed by atoms with van der Waals surface area (Å²) < 4.78 is 0. The van der Waals surface area contributed by atoms with Crippen LogP contribution in [0, 0.1) is 6.92 Å². The Bertz CT molecular complexity index is 987. The number of pyridine rings is 2. The molecule has 0 unspecified atom stereocenters. The van der Waals surface area contributed by atoms with E-state index in [-0.39, 0.29) is 17.5 Å². The standard InChI is InChI=1S/C22H27N5O3/c1-4-16-21(28)26(3)18-12-23-19(10-17(18)27(16)15-7-5-6-8-15)25-20-13(2)9-14(11-24-20)22(29)30/h9-12,15-16H,4-8H2,1-3H3,(H,29,30)(H,23,24,25)/t16-/m1/s1. The second-order valence-electron chi connectivity index (χ2n) is 8.04. The molecule has 1 amide bonds. The number of rotatable bonds is 5. The van der Waals surface area contributed by atoms with Crippen LogP contribution in [-0.2, 0) is 4.79 Å². The van der Waals surface area contributed by atoms with E-state index in [1.807, 2.05) is 13.0 Å². The molecule has 1 aliphatic carbocycles. The van der Waals surface area contributed by atoms with Gasteiger partial charge in [-0.05, 0) is 37.8 Å². The molecule has 1 saturated carbocycles. The lowest BCUT2D eigenvalue weighted by atomic mass is 10.0. The van der Waals surface area contributed by atoms with Crippen molar-refractivity contribution in [2.75, 3.05) is 22.2 Å². The molecule has 30 heavy (non-hydrogen) atoms. The number of aromatic carboxylic acids is 1. The fourth-order valence-corrected chi connectivity index (χ4v) is 4.55. The quantitative estimate of drug-likeness (QED) is 0.776. The van der Waals surface area contributed by atoms with E-state index in [0.29, 0.717) is 17.7 Å². The lowest BCUT2D eigenvalue weighted by Gasteiger charge is -2.44. The number of likely N-dealkylation sites (N-methyl/N-ethyl adjacent to an activating group) is 1. The first-order valence-corrected chi connectivity index (χ1v) is 10.4. The summed E-state index contributed by atoms with van der Waals surface area (Å²) in [7, 11) is 1.81. The van der Waals surface area contributed by atoms with Gasteiger partial charge in [0.05, 0.1) is 23.1 Å². The molecule has 0 saturated heterocycles. The van der Waals surface area contributed by atoms with Gasteiger partial charge in [-0.25, -0.2) is 14.8 Å². The van der Waals surface area contributed by atoms with Crippen molar-refractivity contribution in [1.29, 1.82) is 0 Å². The van der Waals surface area contributed by atoms with E-state index in [4.69, 9.17) is 5.11 Å². The van der Waals surface area contributed by atoms with Crippen molar-refractivity contribution in [2.45, 2.75) is 58.0 Å². The summed E-state index contributed by atoms with van der Waals surface area (Å²) in [6.45, 7) is 3.87. The molecule has 1 atom stereocenters. The van der Waals surface area contributed by atoms with E-state index < -0.39 is 5.97 Å². The van der Waals surface area contributed by atoms with Gasteiger partial charge >= 0.3 is 5.97 Å². The molecule has 2 N–H and O–H groups in total. The number of carbonyl (C=O) groups is 2. The molecular formula is C22H27N5O3. The Kier molecular flexibility index (Phi) is 5.32. The molecule has 0 aromatic carbocycles. The van der Waals surface area contributed by atoms with Gasteiger partial charge in [-0.2, -0.15) is 0 Å². The van der Waals surface area contributed by atoms with Gasteiger partial charge in [0.2, 0.25) is 5.91 Å². The third-order valence-corrected chi connectivity index (χ3v) is 6.13. The zero-order chi connectivity index (χ0) is 21.4. The number of carbonyl (C=O) groups excluding carboxylic acids is 1. The van der Waals surface area contributed by atoms with Crippen LogP contribution >= 0.6 is 0 Å². The van der Waals surface area contributed by atoms with Crippen LogP contribution in [0.15, 0.2) is 24.5 Å². The van der Waals surface area contributed by atoms with Crippen molar-refractivity contribution in [3.63, 3.8) is 0 Å². The monoisotopic (exact) mass is 409 g/mol. The lowest BCUT2D eigenvalue weighted by molar-refractivity contribution is -0.120. The van der Waals surface area contributed by atoms with Crippen LogP contribution in [0.3, 0.4) is 0 Å². The summed E-state index contributed by atoms with van der Waals surface area (Å²) in [4.78, 5) is 36.9. The fourth-order valence-electron chi connectivity index (χ4n) is 4.55. The highest BCUT2D eigenvalue weighted by Crippen LogP contribution is 2.41. The molecule has 2 aromatic rings. The maximum absolute atomic E-state index is 13.0. The zero-order valence-electron chi connectivity index (χ0n) is 17.6. The maximum atomic E-state index is 13.0. The highest BCUT2D eigenvalue weighted by molar-refractivity contribution is 6.05. The fraction of sp³-hybridized carbons (Fsp3) is 0.455. The number of nitrogens with one attached hydrogen (secondary N) is 1. The number of amides is 1. The van der Waals surface area contributed by atoms with E-state index in [1.165, 1.54) is 19.0 Å². The molecule has 8 heteroatoms. The normalized spacial score (nSPS) is 19.2. The SMILES string of the molecule is CC[C@@H]1C(=O)N(C)c2cnc(Nc3ncc(C(=O)O)cc3C)cc2N1C1CCCC1. The molecule has 1 fully saturated rings. The average molecular weight is 409 g/mol. The smallest absolute Gasteiger partial charge is 0.337 e.